The van der Waals surface area contributed by atoms with Gasteiger partial charge in [0.2, 0.25) is 0 Å². The lowest BCUT2D eigenvalue weighted by Crippen LogP contribution is -2.01. The maximum Gasteiger partial charge on any atom is 0.0308 e. The highest BCUT2D eigenvalue weighted by Crippen LogP contribution is 2.79. The lowest BCUT2D eigenvalue weighted by atomic mass is 9.86. The highest BCUT2D eigenvalue weighted by atomic mass is 31.1. The first-order chi connectivity index (χ1) is 8.79. The van der Waals surface area contributed by atoms with Gasteiger partial charge < -0.3 is 0 Å². The zero-order chi connectivity index (χ0) is 12.3. The third kappa shape index (κ3) is 1.20. The molecule has 2 bridgehead atoms. The van der Waals surface area contributed by atoms with Gasteiger partial charge in [-0.25, -0.2) is 0 Å². The molecule has 2 aromatic rings. The molecule has 2 aromatic carbocycles. The predicted molar refractivity (Wildman–Crippen MR) is 78.6 cm³/mol. The van der Waals surface area contributed by atoms with E-state index in [2.05, 4.69) is 62.4 Å². The number of hydrogen-bond acceptors (Lipinski definition) is 0. The van der Waals surface area contributed by atoms with Gasteiger partial charge in [0.05, 0.1) is 0 Å². The molecule has 0 atom stereocenters. The van der Waals surface area contributed by atoms with Crippen LogP contribution in [0.4, 0.5) is 0 Å². The normalized spacial score (nSPS) is 27.4. The van der Waals surface area contributed by atoms with Crippen molar-refractivity contribution in [3.05, 3.63) is 70.8 Å². The summed E-state index contributed by atoms with van der Waals surface area (Å²) in [7, 11) is 0.0309. The Morgan fingerprint density at radius 2 is 1.06 bits per heavy atom. The molecule has 0 saturated heterocycles. The summed E-state index contributed by atoms with van der Waals surface area (Å²) in [6, 6.07) is 18.2. The monoisotopic (exact) mass is 252 g/mol. The van der Waals surface area contributed by atoms with E-state index in [0.29, 0.717) is 11.3 Å². The van der Waals surface area contributed by atoms with Crippen molar-refractivity contribution in [1.29, 1.82) is 0 Å². The summed E-state index contributed by atoms with van der Waals surface area (Å²) in [5.74, 6) is 0. The number of rotatable bonds is 1. The molecule has 4 rings (SSSR count). The van der Waals surface area contributed by atoms with Crippen LogP contribution in [0.25, 0.3) is 0 Å². The van der Waals surface area contributed by atoms with E-state index in [9.17, 15) is 0 Å². The van der Waals surface area contributed by atoms with Crippen LogP contribution in [0, 0.1) is 0 Å². The molecular weight excluding hydrogens is 235 g/mol. The molecule has 0 N–H and O–H groups in total. The van der Waals surface area contributed by atoms with E-state index in [1.165, 1.54) is 0 Å². The fraction of sp³-hybridized carbons (Fsp3) is 0.294. The van der Waals surface area contributed by atoms with Gasteiger partial charge >= 0.3 is 0 Å². The van der Waals surface area contributed by atoms with E-state index < -0.39 is 0 Å². The van der Waals surface area contributed by atoms with Gasteiger partial charge in [-0.05, 0) is 27.9 Å². The average Bonchev–Trinajstić information content (AvgIpc) is 2.91. The van der Waals surface area contributed by atoms with Gasteiger partial charge in [0.15, 0.2) is 0 Å². The van der Waals surface area contributed by atoms with Crippen molar-refractivity contribution in [3.63, 3.8) is 0 Å². The number of benzene rings is 2. The Hall–Kier alpha value is -1.13. The molecule has 2 aliphatic heterocycles. The minimum Gasteiger partial charge on any atom is -0.0795 e. The molecule has 0 radical (unpaired) electrons. The highest BCUT2D eigenvalue weighted by molar-refractivity contribution is 7.60. The van der Waals surface area contributed by atoms with E-state index in [1.54, 1.807) is 22.3 Å². The van der Waals surface area contributed by atoms with Crippen molar-refractivity contribution in [2.24, 2.45) is 0 Å². The molecule has 1 heteroatoms. The van der Waals surface area contributed by atoms with Crippen LogP contribution >= 0.6 is 7.92 Å². The SMILES string of the molecule is CC(C)P1C2c3ccccc3C1c1ccccc12. The zero-order valence-corrected chi connectivity index (χ0v) is 11.7. The van der Waals surface area contributed by atoms with Gasteiger partial charge in [0.25, 0.3) is 0 Å². The second kappa shape index (κ2) is 3.68. The Kier molecular flexibility index (Phi) is 2.20. The summed E-state index contributed by atoms with van der Waals surface area (Å²) in [6.45, 7) is 4.81. The smallest absolute Gasteiger partial charge is 0.0308 e. The van der Waals surface area contributed by atoms with Crippen LogP contribution in [-0.2, 0) is 0 Å². The van der Waals surface area contributed by atoms with Crippen LogP contribution in [0.3, 0.4) is 0 Å². The third-order valence-electron chi connectivity index (χ3n) is 4.36. The Labute approximate surface area is 110 Å². The molecule has 90 valence electrons. The molecule has 0 amide bonds. The molecule has 0 fully saturated rings. The summed E-state index contributed by atoms with van der Waals surface area (Å²) in [5, 5.41) is 0. The average molecular weight is 252 g/mol. The summed E-state index contributed by atoms with van der Waals surface area (Å²) < 4.78 is 0. The quantitative estimate of drug-likeness (QED) is 0.621. The van der Waals surface area contributed by atoms with Crippen molar-refractivity contribution in [1.82, 2.24) is 0 Å². The first kappa shape index (κ1) is 10.8. The largest absolute Gasteiger partial charge is 0.0795 e. The summed E-state index contributed by atoms with van der Waals surface area (Å²) >= 11 is 0. The maximum atomic E-state index is 2.41. The van der Waals surface area contributed by atoms with Crippen LogP contribution in [0.5, 0.6) is 0 Å². The predicted octanol–water partition coefficient (Wildman–Crippen LogP) is 5.08. The zero-order valence-electron chi connectivity index (χ0n) is 10.8. The molecule has 0 aromatic heterocycles. The standard InChI is InChI=1S/C17H17P/c1-11(2)18-16-12-7-3-4-8-13(12)17(18)15-10-6-5-9-14(15)16/h3-11,16-17H,1-2H3. The minimum atomic E-state index is 0.0309. The molecule has 0 spiro atoms. The second-order valence-electron chi connectivity index (χ2n) is 5.60. The highest BCUT2D eigenvalue weighted by Gasteiger charge is 2.49. The molecule has 18 heavy (non-hydrogen) atoms. The van der Waals surface area contributed by atoms with Gasteiger partial charge in [0.1, 0.15) is 0 Å². The molecule has 2 heterocycles. The maximum absolute atomic E-state index is 2.41. The fourth-order valence-electron chi connectivity index (χ4n) is 3.74. The molecule has 2 aliphatic rings. The lowest BCUT2D eigenvalue weighted by molar-refractivity contribution is 1.04. The van der Waals surface area contributed by atoms with Gasteiger partial charge in [-0.1, -0.05) is 70.3 Å². The van der Waals surface area contributed by atoms with E-state index in [4.69, 9.17) is 0 Å². The lowest BCUT2D eigenvalue weighted by Gasteiger charge is -2.21. The topological polar surface area (TPSA) is 0 Å². The molecule has 0 nitrogen and oxygen atoms in total. The first-order valence-electron chi connectivity index (χ1n) is 6.74. The molecular formula is C17H17P. The second-order valence-corrected chi connectivity index (χ2v) is 8.56. The Bertz CT molecular complexity index is 517. The molecule has 0 aliphatic carbocycles. The number of fused-ring (bicyclic) bond motifs is 8. The summed E-state index contributed by atoms with van der Waals surface area (Å²) in [4.78, 5) is 0. The fourth-order valence-corrected chi connectivity index (χ4v) is 7.46. The number of hydrogen-bond donors (Lipinski definition) is 0. The minimum absolute atomic E-state index is 0.0309. The van der Waals surface area contributed by atoms with Gasteiger partial charge in [0, 0.05) is 11.3 Å². The van der Waals surface area contributed by atoms with Gasteiger partial charge in [-0.3, -0.25) is 0 Å². The van der Waals surface area contributed by atoms with Gasteiger partial charge in [-0.2, -0.15) is 0 Å². The first-order valence-corrected chi connectivity index (χ1v) is 8.29. The van der Waals surface area contributed by atoms with Crippen molar-refractivity contribution in [2.45, 2.75) is 30.8 Å². The Balaban J connectivity index is 1.99. The van der Waals surface area contributed by atoms with Crippen molar-refractivity contribution in [3.8, 4) is 0 Å². The van der Waals surface area contributed by atoms with Crippen LogP contribution in [0.1, 0.15) is 47.4 Å². The third-order valence-corrected chi connectivity index (χ3v) is 7.86. The van der Waals surface area contributed by atoms with Crippen molar-refractivity contribution in [2.75, 3.05) is 0 Å². The van der Waals surface area contributed by atoms with E-state index in [1.807, 2.05) is 0 Å². The van der Waals surface area contributed by atoms with E-state index in [-0.39, 0.29) is 7.92 Å². The van der Waals surface area contributed by atoms with Crippen molar-refractivity contribution >= 4 is 7.92 Å². The summed E-state index contributed by atoms with van der Waals surface area (Å²) in [6.07, 6.45) is 0. The molecule has 0 saturated carbocycles. The Morgan fingerprint density at radius 3 is 1.33 bits per heavy atom. The van der Waals surface area contributed by atoms with E-state index in [0.717, 1.165) is 5.66 Å². The van der Waals surface area contributed by atoms with Crippen LogP contribution in [0.15, 0.2) is 48.5 Å². The van der Waals surface area contributed by atoms with Gasteiger partial charge in [-0.15, -0.1) is 0 Å². The van der Waals surface area contributed by atoms with Crippen LogP contribution in [-0.4, -0.2) is 5.66 Å². The summed E-state index contributed by atoms with van der Waals surface area (Å²) in [5.41, 5.74) is 8.66. The van der Waals surface area contributed by atoms with E-state index >= 15 is 0 Å². The Morgan fingerprint density at radius 1 is 0.722 bits per heavy atom. The van der Waals surface area contributed by atoms with Crippen LogP contribution in [0.2, 0.25) is 0 Å². The van der Waals surface area contributed by atoms with Crippen LogP contribution < -0.4 is 0 Å². The molecule has 0 unspecified atom stereocenters. The van der Waals surface area contributed by atoms with Crippen molar-refractivity contribution < 1.29 is 0 Å².